The first-order valence-corrected chi connectivity index (χ1v) is 5.47. The van der Waals surface area contributed by atoms with Crippen LogP contribution in [0.4, 0.5) is 0 Å². The van der Waals surface area contributed by atoms with E-state index in [2.05, 4.69) is 0 Å². The topological polar surface area (TPSA) is 62.1 Å². The number of aromatic nitrogens is 1. The Morgan fingerprint density at radius 2 is 1.87 bits per heavy atom. The van der Waals surface area contributed by atoms with E-state index in [9.17, 15) is 13.0 Å². The quantitative estimate of drug-likeness (QED) is 0.473. The van der Waals surface area contributed by atoms with Gasteiger partial charge < -0.3 is 4.55 Å². The first-order chi connectivity index (χ1) is 6.50. The maximum Gasteiger partial charge on any atom is 1.00 e. The zero-order valence-corrected chi connectivity index (χ0v) is 12.5. The summed E-state index contributed by atoms with van der Waals surface area (Å²) in [6, 6.07) is 8.02. The van der Waals surface area contributed by atoms with Crippen molar-refractivity contribution in [2.24, 2.45) is 0 Å². The minimum absolute atomic E-state index is 0. The number of hydrogen-bond donors (Lipinski definition) is 0. The van der Waals surface area contributed by atoms with Gasteiger partial charge in [-0.15, -0.1) is 0 Å². The normalized spacial score (nSPS) is 11.3. The summed E-state index contributed by atoms with van der Waals surface area (Å²) < 4.78 is 33.1. The van der Waals surface area contributed by atoms with Crippen LogP contribution in [0.5, 0.6) is 0 Å². The number of halogens is 1. The van der Waals surface area contributed by atoms with Crippen LogP contribution in [0.2, 0.25) is 5.15 Å². The van der Waals surface area contributed by atoms with E-state index in [1.165, 1.54) is 12.1 Å². The van der Waals surface area contributed by atoms with Gasteiger partial charge in [0, 0.05) is 5.39 Å². The summed E-state index contributed by atoms with van der Waals surface area (Å²) in [6.07, 6.45) is 0. The van der Waals surface area contributed by atoms with Crippen LogP contribution in [0, 0.1) is 0 Å². The molecule has 0 saturated heterocycles. The largest absolute Gasteiger partial charge is 1.00 e. The third-order valence-electron chi connectivity index (χ3n) is 1.85. The molecule has 2 rings (SSSR count). The number of hydrogen-bond acceptors (Lipinski definition) is 3. The summed E-state index contributed by atoms with van der Waals surface area (Å²) in [7, 11) is -4.58. The molecule has 0 spiro atoms. The molecule has 0 saturated carbocycles. The van der Waals surface area contributed by atoms with Gasteiger partial charge >= 0.3 is 51.4 Å². The van der Waals surface area contributed by atoms with Crippen LogP contribution in [0.25, 0.3) is 10.9 Å². The summed E-state index contributed by atoms with van der Waals surface area (Å²) in [6.45, 7) is 0. The van der Waals surface area contributed by atoms with Crippen LogP contribution in [0.3, 0.4) is 0 Å². The van der Waals surface area contributed by atoms with Gasteiger partial charge in [-0.3, -0.25) is 0 Å². The van der Waals surface area contributed by atoms with E-state index in [0.29, 0.717) is 14.9 Å². The molecule has 7 heteroatoms. The van der Waals surface area contributed by atoms with Crippen molar-refractivity contribution >= 4 is 32.8 Å². The van der Waals surface area contributed by atoms with Crippen molar-refractivity contribution in [3.63, 3.8) is 0 Å². The number of nitrogens with zero attached hydrogens (tertiary/aromatic N) is 1. The maximum atomic E-state index is 10.9. The van der Waals surface area contributed by atoms with E-state index in [1.807, 2.05) is 0 Å². The van der Waals surface area contributed by atoms with Gasteiger partial charge in [-0.05, 0) is 12.1 Å². The molecule has 0 radical (unpaired) electrons. The van der Waals surface area contributed by atoms with Gasteiger partial charge in [-0.2, -0.15) is 0 Å². The van der Waals surface area contributed by atoms with Gasteiger partial charge in [-0.1, -0.05) is 29.8 Å². The Bertz CT molecular complexity index is 593. The molecule has 0 aliphatic heterocycles. The second kappa shape index (κ2) is 4.85. The molecule has 0 fully saturated rings. The van der Waals surface area contributed by atoms with Crippen molar-refractivity contribution in [1.82, 2.24) is 3.97 Å². The van der Waals surface area contributed by atoms with E-state index >= 15 is 0 Å². The maximum absolute atomic E-state index is 10.9. The minimum Gasteiger partial charge on any atom is -0.731 e. The molecule has 1 heterocycles. The summed E-state index contributed by atoms with van der Waals surface area (Å²) in [4.78, 5) is 0. The molecule has 1 aromatic heterocycles. The Morgan fingerprint density at radius 1 is 1.27 bits per heavy atom. The van der Waals surface area contributed by atoms with Crippen LogP contribution >= 0.6 is 11.6 Å². The SMILES string of the molecule is O=S(=O)([O-])n1c(Cl)cc2ccccc21.[K+]. The molecular formula is C8H5ClKNO3S. The van der Waals surface area contributed by atoms with Gasteiger partial charge in [-0.25, -0.2) is 12.4 Å². The standard InChI is InChI=1S/C8H6ClNO3S.K/c9-8-5-6-3-1-2-4-7(6)10(8)14(11,12)13;/h1-5H,(H,11,12,13);/q;+1/p-1. The van der Waals surface area contributed by atoms with Gasteiger partial charge in [0.2, 0.25) is 0 Å². The predicted octanol–water partition coefficient (Wildman–Crippen LogP) is -1.39. The third-order valence-corrected chi connectivity index (χ3v) is 3.07. The number of para-hydroxylation sites is 1. The molecule has 0 bridgehead atoms. The third kappa shape index (κ3) is 2.64. The molecule has 15 heavy (non-hydrogen) atoms. The summed E-state index contributed by atoms with van der Waals surface area (Å²) in [5.74, 6) is 0. The Kier molecular flexibility index (Phi) is 4.41. The smallest absolute Gasteiger partial charge is 0.731 e. The molecule has 0 aliphatic rings. The van der Waals surface area contributed by atoms with Crippen molar-refractivity contribution in [2.75, 3.05) is 0 Å². The van der Waals surface area contributed by atoms with Gasteiger partial charge in [0.05, 0.1) is 5.52 Å². The Hall–Kier alpha value is 0.596. The number of benzene rings is 1. The Labute approximate surface area is 135 Å². The van der Waals surface area contributed by atoms with Gasteiger partial charge in [0.25, 0.3) is 0 Å². The van der Waals surface area contributed by atoms with E-state index in [-0.39, 0.29) is 56.5 Å². The second-order valence-electron chi connectivity index (χ2n) is 2.75. The molecule has 0 atom stereocenters. The molecule has 0 unspecified atom stereocenters. The van der Waals surface area contributed by atoms with E-state index in [0.717, 1.165) is 0 Å². The Morgan fingerprint density at radius 3 is 2.47 bits per heavy atom. The van der Waals surface area contributed by atoms with Crippen molar-refractivity contribution in [1.29, 1.82) is 0 Å². The summed E-state index contributed by atoms with van der Waals surface area (Å²) >= 11 is 5.64. The second-order valence-corrected chi connectivity index (χ2v) is 4.36. The van der Waals surface area contributed by atoms with Crippen LogP contribution < -0.4 is 51.4 Å². The average Bonchev–Trinajstić information content (AvgIpc) is 2.38. The van der Waals surface area contributed by atoms with Crippen molar-refractivity contribution in [3.8, 4) is 0 Å². The fourth-order valence-electron chi connectivity index (χ4n) is 1.32. The molecule has 2 aromatic rings. The molecule has 0 amide bonds. The van der Waals surface area contributed by atoms with Crippen LogP contribution in [0.15, 0.2) is 30.3 Å². The summed E-state index contributed by atoms with van der Waals surface area (Å²) in [5.41, 5.74) is 0.299. The first-order valence-electron chi connectivity index (χ1n) is 3.72. The van der Waals surface area contributed by atoms with Crippen LogP contribution in [-0.2, 0) is 10.3 Å². The first kappa shape index (κ1) is 13.7. The average molecular weight is 270 g/mol. The fourth-order valence-corrected chi connectivity index (χ4v) is 2.46. The number of fused-ring (bicyclic) bond motifs is 1. The van der Waals surface area contributed by atoms with Crippen LogP contribution in [0.1, 0.15) is 0 Å². The zero-order valence-electron chi connectivity index (χ0n) is 7.84. The molecule has 74 valence electrons. The van der Waals surface area contributed by atoms with E-state index in [4.69, 9.17) is 11.6 Å². The molecule has 1 aromatic carbocycles. The van der Waals surface area contributed by atoms with E-state index < -0.39 is 10.3 Å². The van der Waals surface area contributed by atoms with E-state index in [1.54, 1.807) is 18.2 Å². The van der Waals surface area contributed by atoms with Crippen molar-refractivity contribution in [3.05, 3.63) is 35.5 Å². The predicted molar refractivity (Wildman–Crippen MR) is 52.0 cm³/mol. The van der Waals surface area contributed by atoms with Gasteiger partial charge in [0.15, 0.2) is 10.3 Å². The molecule has 0 N–H and O–H groups in total. The minimum atomic E-state index is -4.58. The molecule has 4 nitrogen and oxygen atoms in total. The number of rotatable bonds is 1. The van der Waals surface area contributed by atoms with Gasteiger partial charge in [0.1, 0.15) is 5.15 Å². The fraction of sp³-hybridized carbons (Fsp3) is 0. The summed E-state index contributed by atoms with van der Waals surface area (Å²) in [5, 5.41) is 0.526. The van der Waals surface area contributed by atoms with Crippen LogP contribution in [-0.4, -0.2) is 16.9 Å². The Balaban J connectivity index is 0.00000112. The molecular weight excluding hydrogens is 265 g/mol. The van der Waals surface area contributed by atoms with Crippen molar-refractivity contribution in [2.45, 2.75) is 0 Å². The monoisotopic (exact) mass is 269 g/mol. The molecule has 0 aliphatic carbocycles. The zero-order chi connectivity index (χ0) is 10.3. The van der Waals surface area contributed by atoms with Crippen molar-refractivity contribution < 1.29 is 64.4 Å².